The first-order valence-corrected chi connectivity index (χ1v) is 27.1. The molecule has 7 aromatic carbocycles. The molecule has 0 saturated carbocycles. The molecule has 71 heavy (non-hydrogen) atoms. The van der Waals surface area contributed by atoms with Crippen LogP contribution in [-0.2, 0) is 37.9 Å². The fourth-order valence-electron chi connectivity index (χ4n) is 14.3. The third-order valence-corrected chi connectivity index (χ3v) is 19.4. The van der Waals surface area contributed by atoms with E-state index in [2.05, 4.69) is 231 Å². The summed E-state index contributed by atoms with van der Waals surface area (Å²) >= 11 is 0. The summed E-state index contributed by atoms with van der Waals surface area (Å²) in [7, 11) is 2.61. The van der Waals surface area contributed by atoms with Crippen LogP contribution in [0.25, 0.3) is 33.0 Å². The number of hydrogen-bond acceptors (Lipinski definition) is 2. The fourth-order valence-corrected chi connectivity index (χ4v) is 14.3. The van der Waals surface area contributed by atoms with Crippen LogP contribution in [0.5, 0.6) is 0 Å². The fraction of sp³-hybridized carbons (Fsp3) is 0.412. The summed E-state index contributed by atoms with van der Waals surface area (Å²) in [5, 5.41) is 6.75. The van der Waals surface area contributed by atoms with Gasteiger partial charge in [-0.05, 0) is 203 Å². The average Bonchev–Trinajstić information content (AvgIpc) is 3.56. The van der Waals surface area contributed by atoms with Gasteiger partial charge in [-0.2, -0.15) is 0 Å². The van der Waals surface area contributed by atoms with Gasteiger partial charge in [-0.3, -0.25) is 0 Å². The van der Waals surface area contributed by atoms with Gasteiger partial charge in [-0.15, -0.1) is 0 Å². The second-order valence-corrected chi connectivity index (χ2v) is 27.3. The highest BCUT2D eigenvalue weighted by atomic mass is 15.2. The summed E-state index contributed by atoms with van der Waals surface area (Å²) in [5.74, 6) is 0. The standard InChI is InChI=1S/C68H76BN2/c1-40-34-50-54(67(12,13)33-30-63(50,4)5)39-57(40)71-56-27-26-49-58(44-22-18-19-23-47(44)68(49,14)15)60(56)69-59-46(35-41-20-16-17-21-43(41)61(59)71)45-37-52-53(66(10,11)32-31-65(52,8)9)38-55(45)70-42-24-25-48-51(36-42)64(6,7)29-28-62(48,2)3/h16-27,34-39,70H,28-33H2,1-15H3. The molecule has 0 fully saturated rings. The Kier molecular flexibility index (Phi) is 9.85. The van der Waals surface area contributed by atoms with E-state index in [9.17, 15) is 0 Å². The molecule has 4 aliphatic carbocycles. The molecule has 1 N–H and O–H groups in total. The van der Waals surface area contributed by atoms with Crippen LogP contribution in [0.15, 0.2) is 109 Å². The first-order valence-electron chi connectivity index (χ1n) is 27.1. The number of nitrogens with zero attached hydrogens (tertiary/aromatic N) is 1. The Hall–Kier alpha value is -5.54. The van der Waals surface area contributed by atoms with E-state index >= 15 is 0 Å². The second-order valence-electron chi connectivity index (χ2n) is 27.3. The van der Waals surface area contributed by atoms with Crippen LogP contribution in [0, 0.1) is 6.92 Å². The predicted octanol–water partition coefficient (Wildman–Crippen LogP) is 17.4. The number of benzene rings is 7. The van der Waals surface area contributed by atoms with Crippen molar-refractivity contribution in [2.75, 3.05) is 10.2 Å². The maximum absolute atomic E-state index is 4.22. The van der Waals surface area contributed by atoms with Gasteiger partial charge in [-0.1, -0.05) is 164 Å². The van der Waals surface area contributed by atoms with E-state index in [1.165, 1.54) is 148 Å². The van der Waals surface area contributed by atoms with E-state index < -0.39 is 0 Å². The molecule has 5 aliphatic rings. The highest BCUT2D eigenvalue weighted by molar-refractivity contribution is 6.75. The summed E-state index contributed by atoms with van der Waals surface area (Å²) in [6.45, 7) is 36.8. The smallest absolute Gasteiger partial charge is 0.198 e. The van der Waals surface area contributed by atoms with E-state index in [-0.39, 0.29) is 37.9 Å². The number of rotatable bonds is 4. The lowest BCUT2D eigenvalue weighted by molar-refractivity contribution is 0.332. The largest absolute Gasteiger partial charge is 0.355 e. The van der Waals surface area contributed by atoms with Crippen molar-refractivity contribution in [1.29, 1.82) is 0 Å². The summed E-state index contributed by atoms with van der Waals surface area (Å²) in [6.07, 6.45) is 7.07. The molecule has 1 radical (unpaired) electrons. The van der Waals surface area contributed by atoms with E-state index in [1.54, 1.807) is 0 Å². The van der Waals surface area contributed by atoms with Crippen LogP contribution in [0.1, 0.15) is 186 Å². The van der Waals surface area contributed by atoms with Gasteiger partial charge in [0.05, 0.1) is 0 Å². The van der Waals surface area contributed by atoms with E-state index in [1.807, 2.05) is 0 Å². The monoisotopic (exact) mass is 932 g/mol. The number of hydrogen-bond donors (Lipinski definition) is 1. The Morgan fingerprint density at radius 2 is 0.958 bits per heavy atom. The van der Waals surface area contributed by atoms with Crippen molar-refractivity contribution in [3.63, 3.8) is 0 Å². The Labute approximate surface area is 427 Å². The number of fused-ring (bicyclic) bond motifs is 11. The van der Waals surface area contributed by atoms with Crippen molar-refractivity contribution in [2.45, 2.75) is 180 Å². The van der Waals surface area contributed by atoms with Crippen molar-refractivity contribution in [2.24, 2.45) is 0 Å². The lowest BCUT2D eigenvalue weighted by Gasteiger charge is -2.44. The summed E-state index contributed by atoms with van der Waals surface area (Å²) in [5.41, 5.74) is 27.4. The minimum Gasteiger partial charge on any atom is -0.355 e. The summed E-state index contributed by atoms with van der Waals surface area (Å²) < 4.78 is 0. The zero-order chi connectivity index (χ0) is 50.2. The van der Waals surface area contributed by atoms with Gasteiger partial charge in [-0.25, -0.2) is 0 Å². The number of anilines is 5. The normalized spacial score (nSPS) is 20.6. The SMILES string of the molecule is Cc1cc2c(cc1N1c3ccc4c(c3[B]c3c(-c5cc6c(cc5Nc5ccc7c(c5)C(C)(C)CCC7(C)C)C(C)(C)CCC6(C)C)cc5ccccc5c31)-c1ccccc1C4(C)C)C(C)(C)CCC2(C)C. The van der Waals surface area contributed by atoms with E-state index in [0.29, 0.717) is 0 Å². The predicted molar refractivity (Wildman–Crippen MR) is 307 cm³/mol. The first kappa shape index (κ1) is 46.5. The number of nitrogens with one attached hydrogen (secondary N) is 1. The molecule has 12 rings (SSSR count). The maximum Gasteiger partial charge on any atom is 0.198 e. The highest BCUT2D eigenvalue weighted by Crippen LogP contribution is 2.56. The lowest BCUT2D eigenvalue weighted by Crippen LogP contribution is -2.43. The van der Waals surface area contributed by atoms with E-state index in [4.69, 9.17) is 0 Å². The second kappa shape index (κ2) is 15.0. The zero-order valence-corrected chi connectivity index (χ0v) is 45.7. The van der Waals surface area contributed by atoms with Gasteiger partial charge in [0.15, 0.2) is 7.28 Å². The van der Waals surface area contributed by atoms with Crippen LogP contribution in [-0.4, -0.2) is 7.28 Å². The Morgan fingerprint density at radius 3 is 1.62 bits per heavy atom. The van der Waals surface area contributed by atoms with Crippen molar-refractivity contribution >= 4 is 57.4 Å². The van der Waals surface area contributed by atoms with Gasteiger partial charge in [0.2, 0.25) is 0 Å². The Balaban J connectivity index is 1.18. The molecule has 0 bridgehead atoms. The summed E-state index contributed by atoms with van der Waals surface area (Å²) in [4.78, 5) is 2.71. The van der Waals surface area contributed by atoms with Crippen LogP contribution >= 0.6 is 0 Å². The topological polar surface area (TPSA) is 15.3 Å². The first-order chi connectivity index (χ1) is 33.3. The third kappa shape index (κ3) is 6.86. The molecule has 1 heterocycles. The van der Waals surface area contributed by atoms with Crippen LogP contribution in [0.4, 0.5) is 28.4 Å². The Bertz CT molecular complexity index is 3420. The molecule has 0 spiro atoms. The average molecular weight is 932 g/mol. The molecule has 0 saturated heterocycles. The van der Waals surface area contributed by atoms with Crippen molar-refractivity contribution in [3.8, 4) is 22.3 Å². The lowest BCUT2D eigenvalue weighted by atomic mass is 9.55. The molecular weight excluding hydrogens is 856 g/mol. The van der Waals surface area contributed by atoms with Gasteiger partial charge >= 0.3 is 0 Å². The molecule has 1 aliphatic heterocycles. The molecule has 0 atom stereocenters. The van der Waals surface area contributed by atoms with Gasteiger partial charge < -0.3 is 10.2 Å². The van der Waals surface area contributed by atoms with Gasteiger partial charge in [0.1, 0.15) is 0 Å². The molecule has 361 valence electrons. The van der Waals surface area contributed by atoms with Crippen LogP contribution in [0.2, 0.25) is 0 Å². The quantitative estimate of drug-likeness (QED) is 0.177. The molecular formula is C68H76BN2. The molecule has 0 unspecified atom stereocenters. The van der Waals surface area contributed by atoms with Crippen LogP contribution < -0.4 is 21.1 Å². The van der Waals surface area contributed by atoms with Crippen molar-refractivity contribution in [1.82, 2.24) is 0 Å². The summed E-state index contributed by atoms with van der Waals surface area (Å²) in [6, 6.07) is 43.6. The van der Waals surface area contributed by atoms with Crippen molar-refractivity contribution in [3.05, 3.63) is 159 Å². The minimum atomic E-state index is -0.129. The molecule has 2 nitrogen and oxygen atoms in total. The van der Waals surface area contributed by atoms with Crippen molar-refractivity contribution < 1.29 is 0 Å². The third-order valence-electron chi connectivity index (χ3n) is 19.4. The molecule has 7 aromatic rings. The number of aryl methyl sites for hydroxylation is 1. The molecule has 3 heteroatoms. The van der Waals surface area contributed by atoms with Gasteiger partial charge in [0.25, 0.3) is 0 Å². The maximum atomic E-state index is 4.22. The minimum absolute atomic E-state index is 0.0236. The van der Waals surface area contributed by atoms with Gasteiger partial charge in [0, 0.05) is 44.8 Å². The Morgan fingerprint density at radius 1 is 0.423 bits per heavy atom. The van der Waals surface area contributed by atoms with Crippen LogP contribution in [0.3, 0.4) is 0 Å². The highest BCUT2D eigenvalue weighted by Gasteiger charge is 2.44. The van der Waals surface area contributed by atoms with E-state index in [0.717, 1.165) is 12.8 Å². The zero-order valence-electron chi connectivity index (χ0n) is 45.7. The molecule has 0 amide bonds. The molecule has 0 aromatic heterocycles.